The lowest BCUT2D eigenvalue weighted by atomic mass is 9.99. The normalized spacial score (nSPS) is 13.6. The van der Waals surface area contributed by atoms with Gasteiger partial charge in [0.1, 0.15) is 5.56 Å². The first-order valence-electron chi connectivity index (χ1n) is 9.88. The van der Waals surface area contributed by atoms with Gasteiger partial charge in [-0.15, -0.1) is 0 Å². The zero-order chi connectivity index (χ0) is 30.8. The average Bonchev–Trinajstić information content (AvgIpc) is 3.11. The maximum absolute atomic E-state index is 13.3. The number of nitrogens with one attached hydrogen (secondary N) is 1. The molecule has 0 radical (unpaired) electrons. The molecule has 0 unspecified atom stereocenters. The number of hydrogen-bond donors (Lipinski definition) is 1. The van der Waals surface area contributed by atoms with Crippen LogP contribution in [0.15, 0.2) is 41.2 Å². The number of aromatic amines is 1. The van der Waals surface area contributed by atoms with Gasteiger partial charge in [0.2, 0.25) is 0 Å². The fraction of sp³-hybridized carbons (Fsp3) is 0.238. The summed E-state index contributed by atoms with van der Waals surface area (Å²) < 4.78 is 198. The van der Waals surface area contributed by atoms with Crippen molar-refractivity contribution < 1.29 is 70.7 Å². The lowest BCUT2D eigenvalue weighted by Gasteiger charge is -2.15. The van der Waals surface area contributed by atoms with Crippen molar-refractivity contribution >= 4 is 5.78 Å². The molecule has 0 aliphatic heterocycles. The summed E-state index contributed by atoms with van der Waals surface area (Å²) in [6.07, 6.45) is -28.2. The summed E-state index contributed by atoms with van der Waals surface area (Å²) in [4.78, 5) is 24.7. The second-order valence-corrected chi connectivity index (χ2v) is 7.89. The predicted molar refractivity (Wildman–Crippen MR) is 102 cm³/mol. The number of aromatic nitrogens is 2. The Bertz CT molecular complexity index is 1450. The van der Waals surface area contributed by atoms with Crippen molar-refractivity contribution in [3.8, 4) is 16.9 Å². The number of benzene rings is 2. The number of alkyl halides is 15. The van der Waals surface area contributed by atoms with E-state index in [1.165, 1.54) is 5.10 Å². The third-order valence-corrected chi connectivity index (χ3v) is 5.08. The summed E-state index contributed by atoms with van der Waals surface area (Å²) in [6, 6.07) is -1.72. The molecule has 0 saturated carbocycles. The second kappa shape index (κ2) is 9.33. The van der Waals surface area contributed by atoms with E-state index < -0.39 is 104 Å². The van der Waals surface area contributed by atoms with Crippen molar-refractivity contribution in [2.75, 3.05) is 0 Å². The van der Waals surface area contributed by atoms with E-state index in [-0.39, 0.29) is 24.3 Å². The Morgan fingerprint density at radius 2 is 0.925 bits per heavy atom. The smallest absolute Gasteiger partial charge is 0.290 e. The molecule has 4 nitrogen and oxygen atoms in total. The number of rotatable bonds is 3. The topological polar surface area (TPSA) is 54.9 Å². The second-order valence-electron chi connectivity index (χ2n) is 7.89. The molecule has 0 amide bonds. The van der Waals surface area contributed by atoms with E-state index in [4.69, 9.17) is 0 Å². The highest BCUT2D eigenvalue weighted by molar-refractivity contribution is 6.04. The van der Waals surface area contributed by atoms with E-state index in [9.17, 15) is 75.4 Å². The summed E-state index contributed by atoms with van der Waals surface area (Å²) in [6.45, 7) is 0. The zero-order valence-electron chi connectivity index (χ0n) is 18.4. The molecule has 1 heterocycles. The van der Waals surface area contributed by atoms with E-state index in [0.717, 1.165) is 0 Å². The van der Waals surface area contributed by atoms with Gasteiger partial charge in [0.05, 0.1) is 33.6 Å². The lowest BCUT2D eigenvalue weighted by molar-refractivity contribution is -0.144. The molecule has 218 valence electrons. The molecule has 40 heavy (non-hydrogen) atoms. The van der Waals surface area contributed by atoms with Gasteiger partial charge in [-0.25, -0.2) is 4.68 Å². The van der Waals surface area contributed by atoms with E-state index >= 15 is 0 Å². The first-order chi connectivity index (χ1) is 17.8. The van der Waals surface area contributed by atoms with Crippen LogP contribution >= 0.6 is 0 Å². The molecule has 0 spiro atoms. The molecule has 1 N–H and O–H groups in total. The third-order valence-electron chi connectivity index (χ3n) is 5.08. The zero-order valence-corrected chi connectivity index (χ0v) is 18.4. The minimum atomic E-state index is -6.02. The number of hydrogen-bond acceptors (Lipinski definition) is 2. The quantitative estimate of drug-likeness (QED) is 0.247. The molecule has 0 aliphatic carbocycles. The van der Waals surface area contributed by atoms with E-state index in [1.807, 2.05) is 0 Å². The Morgan fingerprint density at radius 3 is 1.25 bits per heavy atom. The molecule has 0 atom stereocenters. The van der Waals surface area contributed by atoms with Crippen LogP contribution in [-0.2, 0) is 24.7 Å². The molecular weight excluding hydrogens is 597 g/mol. The summed E-state index contributed by atoms with van der Waals surface area (Å²) in [5.74, 6) is -3.17. The molecule has 3 aromatic rings. The van der Waals surface area contributed by atoms with Crippen LogP contribution in [0.4, 0.5) is 65.9 Å². The minimum absolute atomic E-state index is 0.188. The fourth-order valence-electron chi connectivity index (χ4n) is 3.35. The van der Waals surface area contributed by atoms with Crippen LogP contribution in [-0.4, -0.2) is 21.7 Å². The summed E-state index contributed by atoms with van der Waals surface area (Å²) in [5, 5.41) is 1.46. The SMILES string of the molecule is O=C(c1c(-c2cc(C(F)(F)F)cc(C(F)(F)F)c2)[nH]n(-c2cc(C(F)(F)F)cc(C(F)(F)F)c2)c1=O)C(F)(F)F. The number of H-pyrrole nitrogens is 1. The molecule has 1 aromatic heterocycles. The molecule has 0 bridgehead atoms. The van der Waals surface area contributed by atoms with E-state index in [0.29, 0.717) is 0 Å². The van der Waals surface area contributed by atoms with Crippen molar-refractivity contribution in [1.82, 2.24) is 9.78 Å². The van der Waals surface area contributed by atoms with Crippen LogP contribution in [0.3, 0.4) is 0 Å². The first-order valence-corrected chi connectivity index (χ1v) is 9.88. The standard InChI is InChI=1S/C21H7F15N2O2/c22-17(23,24)8-1-7(2-9(3-8)18(25,26)27)14-13(15(39)21(34,35)36)16(40)38(37-14)12-5-10(19(28,29)30)4-11(6-12)20(31,32)33/h1-6,37H. The Morgan fingerprint density at radius 1 is 0.575 bits per heavy atom. The molecule has 0 aliphatic rings. The van der Waals surface area contributed by atoms with Crippen LogP contribution in [0, 0.1) is 0 Å². The van der Waals surface area contributed by atoms with Gasteiger partial charge in [-0.3, -0.25) is 14.7 Å². The van der Waals surface area contributed by atoms with Crippen LogP contribution < -0.4 is 5.56 Å². The predicted octanol–water partition coefficient (Wildman–Crippen LogP) is 7.65. The molecule has 0 saturated heterocycles. The summed E-state index contributed by atoms with van der Waals surface area (Å²) in [5.41, 5.74) is -17.7. The van der Waals surface area contributed by atoms with Crippen LogP contribution in [0.1, 0.15) is 32.6 Å². The largest absolute Gasteiger partial charge is 0.455 e. The number of nitrogens with zero attached hydrogens (tertiary/aromatic N) is 1. The number of halogens is 15. The van der Waals surface area contributed by atoms with E-state index in [2.05, 4.69) is 0 Å². The van der Waals surface area contributed by atoms with Gasteiger partial charge in [-0.05, 0) is 36.4 Å². The van der Waals surface area contributed by atoms with Crippen molar-refractivity contribution in [2.24, 2.45) is 0 Å². The van der Waals surface area contributed by atoms with Gasteiger partial charge in [0.15, 0.2) is 0 Å². The van der Waals surface area contributed by atoms with Gasteiger partial charge in [0, 0.05) is 5.56 Å². The number of Topliss-reactive ketones (excluding diaryl/α,β-unsaturated/α-hetero) is 1. The van der Waals surface area contributed by atoms with Crippen LogP contribution in [0.2, 0.25) is 0 Å². The third kappa shape index (κ3) is 6.11. The highest BCUT2D eigenvalue weighted by atomic mass is 19.4. The number of carbonyl (C=O) groups excluding carboxylic acids is 1. The Kier molecular flexibility index (Phi) is 7.14. The van der Waals surface area contributed by atoms with Gasteiger partial charge in [-0.2, -0.15) is 65.9 Å². The van der Waals surface area contributed by atoms with Crippen molar-refractivity contribution in [3.05, 3.63) is 74.6 Å². The van der Waals surface area contributed by atoms with Crippen molar-refractivity contribution in [1.29, 1.82) is 0 Å². The first kappa shape index (κ1) is 30.6. The van der Waals surface area contributed by atoms with Gasteiger partial charge in [0.25, 0.3) is 11.3 Å². The maximum Gasteiger partial charge on any atom is 0.455 e. The number of carbonyl (C=O) groups is 1. The van der Waals surface area contributed by atoms with Crippen LogP contribution in [0.25, 0.3) is 16.9 Å². The Labute approximate surface area is 209 Å². The number of ketones is 1. The van der Waals surface area contributed by atoms with Crippen molar-refractivity contribution in [2.45, 2.75) is 30.9 Å². The molecular formula is C21H7F15N2O2. The summed E-state index contributed by atoms with van der Waals surface area (Å²) >= 11 is 0. The monoisotopic (exact) mass is 604 g/mol. The van der Waals surface area contributed by atoms with Gasteiger partial charge >= 0.3 is 30.9 Å². The van der Waals surface area contributed by atoms with Gasteiger partial charge < -0.3 is 0 Å². The molecule has 2 aromatic carbocycles. The Hall–Kier alpha value is -3.93. The molecule has 3 rings (SSSR count). The molecule has 0 fully saturated rings. The van der Waals surface area contributed by atoms with E-state index in [1.54, 1.807) is 0 Å². The average molecular weight is 604 g/mol. The minimum Gasteiger partial charge on any atom is -0.290 e. The van der Waals surface area contributed by atoms with Gasteiger partial charge in [-0.1, -0.05) is 0 Å². The fourth-order valence-corrected chi connectivity index (χ4v) is 3.35. The maximum atomic E-state index is 13.3. The lowest BCUT2D eigenvalue weighted by Crippen LogP contribution is -2.30. The highest BCUT2D eigenvalue weighted by Crippen LogP contribution is 2.40. The molecule has 19 heteroatoms. The Balaban J connectivity index is 2.48. The van der Waals surface area contributed by atoms with Crippen molar-refractivity contribution in [3.63, 3.8) is 0 Å². The van der Waals surface area contributed by atoms with Crippen LogP contribution in [0.5, 0.6) is 0 Å². The summed E-state index contributed by atoms with van der Waals surface area (Å²) in [7, 11) is 0. The highest BCUT2D eigenvalue weighted by Gasteiger charge is 2.45.